The first kappa shape index (κ1) is 27.8. The third-order valence-corrected chi connectivity index (χ3v) is 11.0. The number of aromatic nitrogens is 3. The molecule has 0 saturated carbocycles. The van der Waals surface area contributed by atoms with E-state index < -0.39 is 11.9 Å². The molecule has 2 unspecified atom stereocenters. The summed E-state index contributed by atoms with van der Waals surface area (Å²) in [4.78, 5) is 33.5. The molecule has 2 aromatic carbocycles. The lowest BCUT2D eigenvalue weighted by molar-refractivity contribution is 0.107. The fourth-order valence-electron chi connectivity index (χ4n) is 8.24. The number of piperazine rings is 1. The molecular weight excluding hydrogens is 579 g/mol. The van der Waals surface area contributed by atoms with Crippen LogP contribution >= 0.6 is 11.8 Å². The third-order valence-electron chi connectivity index (χ3n) is 10.3. The van der Waals surface area contributed by atoms with Crippen LogP contribution in [0.25, 0.3) is 32.9 Å². The van der Waals surface area contributed by atoms with Gasteiger partial charge in [0.25, 0.3) is 0 Å². The van der Waals surface area contributed by atoms with E-state index in [2.05, 4.69) is 9.80 Å². The Morgan fingerprint density at radius 2 is 1.82 bits per heavy atom. The Labute approximate surface area is 259 Å². The average molecular weight is 615 g/mol. The number of pyridine rings is 1. The topological polar surface area (TPSA) is 94.9 Å². The van der Waals surface area contributed by atoms with Crippen molar-refractivity contribution in [2.45, 2.75) is 61.0 Å². The van der Waals surface area contributed by atoms with Gasteiger partial charge in [-0.1, -0.05) is 30.3 Å². The first-order valence-corrected chi connectivity index (χ1v) is 16.7. The molecule has 0 aliphatic carbocycles. The Morgan fingerprint density at radius 1 is 1.09 bits per heavy atom. The normalized spacial score (nSPS) is 22.7. The largest absolute Gasteiger partial charge is 0.465 e. The van der Waals surface area contributed by atoms with Crippen molar-refractivity contribution >= 4 is 45.3 Å². The van der Waals surface area contributed by atoms with Gasteiger partial charge in [-0.15, -0.1) is 11.8 Å². The summed E-state index contributed by atoms with van der Waals surface area (Å²) in [6.45, 7) is 3.59. The van der Waals surface area contributed by atoms with E-state index in [9.17, 15) is 9.90 Å². The van der Waals surface area contributed by atoms with Gasteiger partial charge in [-0.25, -0.2) is 9.18 Å². The number of halogens is 1. The minimum atomic E-state index is -0.886. The van der Waals surface area contributed by atoms with Crippen LogP contribution in [-0.4, -0.2) is 92.6 Å². The highest BCUT2D eigenvalue weighted by molar-refractivity contribution is 7.98. The number of benzene rings is 2. The van der Waals surface area contributed by atoms with Crippen LogP contribution in [0.15, 0.2) is 47.5 Å². The van der Waals surface area contributed by atoms with Crippen molar-refractivity contribution in [3.8, 4) is 17.3 Å². The van der Waals surface area contributed by atoms with Gasteiger partial charge < -0.3 is 14.7 Å². The smallest absolute Gasteiger partial charge is 0.407 e. The Bertz CT molecular complexity index is 1760. The molecule has 9 nitrogen and oxygen atoms in total. The number of amides is 1. The molecule has 4 aromatic rings. The van der Waals surface area contributed by atoms with Crippen LogP contribution in [-0.2, 0) is 0 Å². The molecule has 228 valence electrons. The van der Waals surface area contributed by atoms with E-state index >= 15 is 4.39 Å². The second-order valence-corrected chi connectivity index (χ2v) is 13.4. The molecule has 6 heterocycles. The Balaban J connectivity index is 1.25. The van der Waals surface area contributed by atoms with Crippen LogP contribution in [0.1, 0.15) is 38.5 Å². The lowest BCUT2D eigenvalue weighted by Crippen LogP contribution is -2.55. The zero-order valence-electron chi connectivity index (χ0n) is 24.7. The van der Waals surface area contributed by atoms with Crippen molar-refractivity contribution in [2.75, 3.05) is 43.9 Å². The quantitative estimate of drug-likeness (QED) is 0.261. The molecule has 4 aliphatic heterocycles. The maximum absolute atomic E-state index is 16.8. The highest BCUT2D eigenvalue weighted by atomic mass is 32.2. The Hall–Kier alpha value is -3.70. The lowest BCUT2D eigenvalue weighted by atomic mass is 9.95. The van der Waals surface area contributed by atoms with Crippen molar-refractivity contribution in [1.29, 1.82) is 0 Å². The summed E-state index contributed by atoms with van der Waals surface area (Å²) in [6, 6.07) is 11.8. The van der Waals surface area contributed by atoms with Crippen molar-refractivity contribution in [3.63, 3.8) is 0 Å². The first-order chi connectivity index (χ1) is 21.5. The number of thioether (sulfide) groups is 1. The number of rotatable bonds is 6. The molecule has 2 bridgehead atoms. The first-order valence-electron chi connectivity index (χ1n) is 15.5. The molecule has 4 saturated heterocycles. The van der Waals surface area contributed by atoms with E-state index in [4.69, 9.17) is 19.7 Å². The molecular formula is C33H35FN6O3S. The van der Waals surface area contributed by atoms with Crippen molar-refractivity contribution < 1.29 is 19.0 Å². The summed E-state index contributed by atoms with van der Waals surface area (Å²) in [5.41, 5.74) is 1.12. The van der Waals surface area contributed by atoms with Crippen LogP contribution in [0.4, 0.5) is 15.0 Å². The molecule has 11 heteroatoms. The van der Waals surface area contributed by atoms with Gasteiger partial charge in [0, 0.05) is 35.1 Å². The molecule has 2 aromatic heterocycles. The molecule has 1 amide bonds. The highest BCUT2D eigenvalue weighted by Gasteiger charge is 2.46. The van der Waals surface area contributed by atoms with Gasteiger partial charge in [-0.3, -0.25) is 14.8 Å². The minimum absolute atomic E-state index is 0.0101. The van der Waals surface area contributed by atoms with Crippen LogP contribution in [0.2, 0.25) is 0 Å². The third kappa shape index (κ3) is 4.38. The van der Waals surface area contributed by atoms with Gasteiger partial charge in [0.05, 0.1) is 23.0 Å². The predicted octanol–water partition coefficient (Wildman–Crippen LogP) is 6.04. The van der Waals surface area contributed by atoms with Gasteiger partial charge in [0.2, 0.25) is 0 Å². The number of anilines is 1. The summed E-state index contributed by atoms with van der Waals surface area (Å²) < 4.78 is 23.2. The van der Waals surface area contributed by atoms with E-state index in [1.165, 1.54) is 0 Å². The fourth-order valence-corrected chi connectivity index (χ4v) is 8.88. The maximum Gasteiger partial charge on any atom is 0.407 e. The zero-order chi connectivity index (χ0) is 30.0. The molecule has 4 fully saturated rings. The van der Waals surface area contributed by atoms with E-state index in [1.807, 2.05) is 42.7 Å². The second-order valence-electron chi connectivity index (χ2n) is 12.6. The summed E-state index contributed by atoms with van der Waals surface area (Å²) in [5, 5.41) is 12.3. The van der Waals surface area contributed by atoms with Gasteiger partial charge in [-0.2, -0.15) is 9.97 Å². The number of carbonyl (C=O) groups is 1. The number of nitrogens with zero attached hydrogens (tertiary/aromatic N) is 6. The van der Waals surface area contributed by atoms with E-state index in [0.717, 1.165) is 67.3 Å². The SMILES string of the molecule is CSc1cccc2cccc(-c3ncc4c(N5CC6CCC(C5)N6C(=O)O)nc(OCC56CCCN5CCC6)nc4c3F)c12. The number of carboxylic acid groups (broad SMARTS) is 1. The van der Waals surface area contributed by atoms with Crippen molar-refractivity contribution in [2.24, 2.45) is 0 Å². The summed E-state index contributed by atoms with van der Waals surface area (Å²) in [6.07, 6.45) is 8.86. The monoisotopic (exact) mass is 614 g/mol. The Morgan fingerprint density at radius 3 is 2.52 bits per heavy atom. The fraction of sp³-hybridized carbons (Fsp3) is 0.455. The number of hydrogen-bond donors (Lipinski definition) is 1. The second kappa shape index (κ2) is 10.7. The number of ether oxygens (including phenoxy) is 1. The Kier molecular flexibility index (Phi) is 6.78. The zero-order valence-corrected chi connectivity index (χ0v) is 25.5. The molecule has 44 heavy (non-hydrogen) atoms. The standard InChI is InChI=1S/C33H35FN6O3S/c1-44-25-9-3-7-20-6-2-8-23(26(20)25)28-27(34)29-24(16-35-28)30(38-17-21-10-11-22(18-38)40(21)32(41)42)37-31(36-29)43-19-33-12-4-14-39(33)15-5-13-33/h2-3,6-9,16,21-22H,4-5,10-15,17-19H2,1H3,(H,41,42). The predicted molar refractivity (Wildman–Crippen MR) is 169 cm³/mol. The van der Waals surface area contributed by atoms with Crippen LogP contribution in [0.5, 0.6) is 6.01 Å². The van der Waals surface area contributed by atoms with E-state index in [-0.39, 0.29) is 34.8 Å². The van der Waals surface area contributed by atoms with Gasteiger partial charge in [-0.05, 0) is 69.3 Å². The average Bonchev–Trinajstić information content (AvgIpc) is 3.70. The van der Waals surface area contributed by atoms with Crippen LogP contribution in [0.3, 0.4) is 0 Å². The molecule has 1 N–H and O–H groups in total. The molecule has 8 rings (SSSR count). The highest BCUT2D eigenvalue weighted by Crippen LogP contribution is 2.41. The molecule has 0 spiro atoms. The van der Waals surface area contributed by atoms with Gasteiger partial charge >= 0.3 is 12.1 Å². The van der Waals surface area contributed by atoms with Crippen molar-refractivity contribution in [3.05, 3.63) is 48.4 Å². The number of fused-ring (bicyclic) bond motifs is 5. The lowest BCUT2D eigenvalue weighted by Gasteiger charge is -2.40. The van der Waals surface area contributed by atoms with E-state index in [1.54, 1.807) is 22.9 Å². The maximum atomic E-state index is 16.8. The van der Waals surface area contributed by atoms with Gasteiger partial charge in [0.15, 0.2) is 5.82 Å². The molecule has 2 atom stereocenters. The van der Waals surface area contributed by atoms with Gasteiger partial charge in [0.1, 0.15) is 23.6 Å². The number of hydrogen-bond acceptors (Lipinski definition) is 8. The molecule has 4 aliphatic rings. The summed E-state index contributed by atoms with van der Waals surface area (Å²) in [5.74, 6) is 0.0490. The molecule has 0 radical (unpaired) electrons. The minimum Gasteiger partial charge on any atom is -0.465 e. The van der Waals surface area contributed by atoms with E-state index in [0.29, 0.717) is 36.5 Å². The van der Waals surface area contributed by atoms with Crippen molar-refractivity contribution in [1.82, 2.24) is 24.8 Å². The summed E-state index contributed by atoms with van der Waals surface area (Å²) >= 11 is 1.62. The van der Waals surface area contributed by atoms with Crippen LogP contribution in [0, 0.1) is 5.82 Å². The van der Waals surface area contributed by atoms with Crippen LogP contribution < -0.4 is 9.64 Å². The summed E-state index contributed by atoms with van der Waals surface area (Å²) in [7, 11) is 0.